The average Bonchev–Trinajstić information content (AvgIpc) is 3.03. The van der Waals surface area contributed by atoms with Crippen LogP contribution in [0.2, 0.25) is 0 Å². The molecule has 2 heterocycles. The predicted molar refractivity (Wildman–Crippen MR) is 129 cm³/mol. The van der Waals surface area contributed by atoms with Crippen LogP contribution in [0.4, 0.5) is 0 Å². The Kier molecular flexibility index (Phi) is 6.11. The molecule has 0 aliphatic rings. The number of nitrogens with zero attached hydrogens (tertiary/aromatic N) is 2. The lowest BCUT2D eigenvalue weighted by Gasteiger charge is -2.13. The zero-order valence-corrected chi connectivity index (χ0v) is 19.5. The van der Waals surface area contributed by atoms with Crippen molar-refractivity contribution in [1.82, 2.24) is 9.55 Å². The molecule has 154 valence electrons. The van der Waals surface area contributed by atoms with Crippen LogP contribution in [0, 0.1) is 20.8 Å². The average molecular weight is 435 g/mol. The third-order valence-electron chi connectivity index (χ3n) is 5.26. The number of benzene rings is 2. The van der Waals surface area contributed by atoms with Crippen LogP contribution < -0.4 is 5.56 Å². The van der Waals surface area contributed by atoms with Gasteiger partial charge >= 0.3 is 0 Å². The molecule has 0 aliphatic carbocycles. The van der Waals surface area contributed by atoms with Crippen LogP contribution in [0.5, 0.6) is 0 Å². The van der Waals surface area contributed by atoms with Crippen LogP contribution >= 0.6 is 23.1 Å². The van der Waals surface area contributed by atoms with Gasteiger partial charge in [0.05, 0.1) is 11.1 Å². The van der Waals surface area contributed by atoms with E-state index in [0.717, 1.165) is 50.8 Å². The Bertz CT molecular complexity index is 1250. The fourth-order valence-corrected chi connectivity index (χ4v) is 5.89. The Morgan fingerprint density at radius 2 is 1.80 bits per heavy atom. The maximum absolute atomic E-state index is 13.7. The van der Waals surface area contributed by atoms with Gasteiger partial charge in [-0.25, -0.2) is 4.98 Å². The Balaban J connectivity index is 1.86. The second-order valence-corrected chi connectivity index (χ2v) is 9.75. The van der Waals surface area contributed by atoms with Gasteiger partial charge in [0.1, 0.15) is 4.83 Å². The van der Waals surface area contributed by atoms with Crippen LogP contribution in [0.1, 0.15) is 40.5 Å². The third-order valence-corrected chi connectivity index (χ3v) is 7.51. The number of fused-ring (bicyclic) bond motifs is 1. The van der Waals surface area contributed by atoms with E-state index < -0.39 is 0 Å². The summed E-state index contributed by atoms with van der Waals surface area (Å²) >= 11 is 3.29. The summed E-state index contributed by atoms with van der Waals surface area (Å²) in [5, 5.41) is 1.52. The van der Waals surface area contributed by atoms with E-state index in [0.29, 0.717) is 0 Å². The standard InChI is InChI=1S/C25H26N2OS2/c1-5-7-21-18(4)22-23(30-21)26-25(29-15-19-12-10-16(2)11-13-19)27(24(22)28)20-9-6-8-17(3)14-20/h6,8-14H,5,7,15H2,1-4H3. The van der Waals surface area contributed by atoms with Crippen molar-refractivity contribution >= 4 is 33.3 Å². The highest BCUT2D eigenvalue weighted by atomic mass is 32.2. The van der Waals surface area contributed by atoms with Crippen molar-refractivity contribution in [3.63, 3.8) is 0 Å². The van der Waals surface area contributed by atoms with Crippen LogP contribution in [0.25, 0.3) is 15.9 Å². The lowest BCUT2D eigenvalue weighted by molar-refractivity contribution is 0.820. The van der Waals surface area contributed by atoms with Crippen molar-refractivity contribution in [3.05, 3.63) is 86.0 Å². The molecule has 0 spiro atoms. The molecule has 5 heteroatoms. The molecule has 0 aliphatic heterocycles. The molecule has 2 aromatic heterocycles. The van der Waals surface area contributed by atoms with Gasteiger partial charge in [-0.2, -0.15) is 0 Å². The first-order valence-electron chi connectivity index (χ1n) is 10.3. The first-order valence-corrected chi connectivity index (χ1v) is 12.1. The Morgan fingerprint density at radius 3 is 2.50 bits per heavy atom. The molecule has 0 radical (unpaired) electrons. The van der Waals surface area contributed by atoms with Crippen LogP contribution in [0.15, 0.2) is 58.5 Å². The molecule has 3 nitrogen and oxygen atoms in total. The highest BCUT2D eigenvalue weighted by molar-refractivity contribution is 7.98. The zero-order valence-electron chi connectivity index (χ0n) is 17.9. The van der Waals surface area contributed by atoms with E-state index in [1.807, 2.05) is 12.1 Å². The summed E-state index contributed by atoms with van der Waals surface area (Å²) in [6.45, 7) is 8.38. The zero-order chi connectivity index (χ0) is 21.3. The van der Waals surface area contributed by atoms with Gasteiger partial charge in [0, 0.05) is 10.6 Å². The summed E-state index contributed by atoms with van der Waals surface area (Å²) in [5.41, 5.74) is 5.60. The van der Waals surface area contributed by atoms with E-state index in [2.05, 4.69) is 64.1 Å². The lowest BCUT2D eigenvalue weighted by atomic mass is 10.1. The minimum atomic E-state index is 0.0353. The number of aryl methyl sites for hydroxylation is 4. The van der Waals surface area contributed by atoms with E-state index in [9.17, 15) is 4.79 Å². The molecule has 2 aromatic carbocycles. The maximum atomic E-state index is 13.7. The molecule has 0 saturated carbocycles. The highest BCUT2D eigenvalue weighted by Gasteiger charge is 2.19. The first-order chi connectivity index (χ1) is 14.5. The third kappa shape index (κ3) is 4.09. The first kappa shape index (κ1) is 20.9. The minimum absolute atomic E-state index is 0.0353. The van der Waals surface area contributed by atoms with Crippen molar-refractivity contribution in [2.45, 2.75) is 51.4 Å². The fraction of sp³-hybridized carbons (Fsp3) is 0.280. The molecule has 30 heavy (non-hydrogen) atoms. The second-order valence-electron chi connectivity index (χ2n) is 7.73. The molecule has 4 aromatic rings. The van der Waals surface area contributed by atoms with Crippen molar-refractivity contribution in [2.75, 3.05) is 0 Å². The Labute approximate surface area is 185 Å². The van der Waals surface area contributed by atoms with E-state index in [4.69, 9.17) is 4.98 Å². The van der Waals surface area contributed by atoms with Gasteiger partial charge in [0.2, 0.25) is 0 Å². The lowest BCUT2D eigenvalue weighted by Crippen LogP contribution is -2.21. The summed E-state index contributed by atoms with van der Waals surface area (Å²) in [6.07, 6.45) is 2.05. The number of hydrogen-bond donors (Lipinski definition) is 0. The summed E-state index contributed by atoms with van der Waals surface area (Å²) in [7, 11) is 0. The van der Waals surface area contributed by atoms with Gasteiger partial charge in [-0.1, -0.05) is 67.1 Å². The quantitative estimate of drug-likeness (QED) is 0.253. The van der Waals surface area contributed by atoms with Gasteiger partial charge in [0.15, 0.2) is 5.16 Å². The smallest absolute Gasteiger partial charge is 0.267 e. The maximum Gasteiger partial charge on any atom is 0.267 e. The molecule has 4 rings (SSSR count). The molecule has 0 atom stereocenters. The molecule has 0 unspecified atom stereocenters. The van der Waals surface area contributed by atoms with Gasteiger partial charge < -0.3 is 0 Å². The number of thioether (sulfide) groups is 1. The van der Waals surface area contributed by atoms with Crippen molar-refractivity contribution in [2.24, 2.45) is 0 Å². The fourth-order valence-electron chi connectivity index (χ4n) is 3.60. The van der Waals surface area contributed by atoms with Gasteiger partial charge in [-0.3, -0.25) is 9.36 Å². The van der Waals surface area contributed by atoms with E-state index >= 15 is 0 Å². The second kappa shape index (κ2) is 8.78. The van der Waals surface area contributed by atoms with Crippen molar-refractivity contribution in [3.8, 4) is 5.69 Å². The molecular formula is C25H26N2OS2. The minimum Gasteiger partial charge on any atom is -0.268 e. The summed E-state index contributed by atoms with van der Waals surface area (Å²) in [6, 6.07) is 16.6. The Hall–Kier alpha value is -2.37. The summed E-state index contributed by atoms with van der Waals surface area (Å²) < 4.78 is 1.80. The SMILES string of the molecule is CCCc1sc2nc(SCc3ccc(C)cc3)n(-c3cccc(C)c3)c(=O)c2c1C. The van der Waals surface area contributed by atoms with Gasteiger partial charge in [-0.15, -0.1) is 11.3 Å². The number of thiophene rings is 1. The van der Waals surface area contributed by atoms with Crippen LogP contribution in [-0.2, 0) is 12.2 Å². The molecule has 0 saturated heterocycles. The van der Waals surface area contributed by atoms with Gasteiger partial charge in [-0.05, 0) is 56.0 Å². The highest BCUT2D eigenvalue weighted by Crippen LogP contribution is 2.32. The topological polar surface area (TPSA) is 34.9 Å². The van der Waals surface area contributed by atoms with E-state index in [1.54, 1.807) is 27.7 Å². The van der Waals surface area contributed by atoms with Crippen molar-refractivity contribution < 1.29 is 0 Å². The summed E-state index contributed by atoms with van der Waals surface area (Å²) in [4.78, 5) is 20.8. The summed E-state index contributed by atoms with van der Waals surface area (Å²) in [5.74, 6) is 0.774. The molecule has 0 fully saturated rings. The predicted octanol–water partition coefficient (Wildman–Crippen LogP) is 6.62. The molecular weight excluding hydrogens is 408 g/mol. The van der Waals surface area contributed by atoms with Crippen LogP contribution in [0.3, 0.4) is 0 Å². The van der Waals surface area contributed by atoms with E-state index in [-0.39, 0.29) is 5.56 Å². The van der Waals surface area contributed by atoms with Gasteiger partial charge in [0.25, 0.3) is 5.56 Å². The number of rotatable bonds is 6. The number of hydrogen-bond acceptors (Lipinski definition) is 4. The molecule has 0 amide bonds. The normalized spacial score (nSPS) is 11.3. The van der Waals surface area contributed by atoms with Crippen LogP contribution in [-0.4, -0.2) is 9.55 Å². The molecule has 0 N–H and O–H groups in total. The Morgan fingerprint density at radius 1 is 1.03 bits per heavy atom. The largest absolute Gasteiger partial charge is 0.268 e. The molecule has 0 bridgehead atoms. The number of aromatic nitrogens is 2. The van der Waals surface area contributed by atoms with Crippen molar-refractivity contribution in [1.29, 1.82) is 0 Å². The monoisotopic (exact) mass is 434 g/mol. The van der Waals surface area contributed by atoms with E-state index in [1.165, 1.54) is 16.0 Å².